The predicted octanol–water partition coefficient (Wildman–Crippen LogP) is 31.5. The standard InChI is InChI=1S/C58H33N3O2S.C33H18ClN3OS.C31H27BO3/c1-2-14-34(15-3-1)55-59-56(61-57(60-55)42-20-12-18-40-39-17-5-11-27-52(39)64-54(40)42)41-19-13-26-51-53(41)43-32-35(29-31-48(43)62-51)36-28-30-38-37-16-4-6-21-44(37)58(47(38)33-36)45-22-7-9-24-49(45)63-50-25-10-8-23-46(50)58;34-20-16-17-26-25(18-20)29-23(12-7-14-27(29)38-26)32-35-31(19-8-2-1-3-9-19)36-33(37-32)24-13-6-11-22-21-10-4-5-15-28(21)39-30(22)24;1-29(2)30(3,4)35-32(34-29)20-17-18-22-21-11-5-6-12-23(21)31(26(22)19-20)24-13-7-9-15-27(24)33-28-16-10-8-14-25(28)31/h1-33H;1-18H;5-19H,1-4H3. The Labute approximate surface area is 806 Å². The third-order valence-corrected chi connectivity index (χ3v) is 31.3. The minimum atomic E-state index is -0.556. The summed E-state index contributed by atoms with van der Waals surface area (Å²) in [7, 11) is -0.420. The van der Waals surface area contributed by atoms with Gasteiger partial charge in [0.2, 0.25) is 0 Å². The average Bonchev–Trinajstić information content (AvgIpc) is 1.50. The highest BCUT2D eigenvalue weighted by Crippen LogP contribution is 2.65. The first kappa shape index (κ1) is 81.5. The number of furan rings is 2. The van der Waals surface area contributed by atoms with Crippen LogP contribution in [0.25, 0.3) is 186 Å². The van der Waals surface area contributed by atoms with Crippen LogP contribution in [-0.4, -0.2) is 48.2 Å². The highest BCUT2D eigenvalue weighted by atomic mass is 35.5. The molecule has 24 aromatic rings. The van der Waals surface area contributed by atoms with Gasteiger partial charge in [0.25, 0.3) is 0 Å². The summed E-state index contributed by atoms with van der Waals surface area (Å²) in [5.41, 5.74) is 24.8. The first-order valence-corrected chi connectivity index (χ1v) is 48.4. The van der Waals surface area contributed by atoms with Gasteiger partial charge in [0.15, 0.2) is 34.9 Å². The van der Waals surface area contributed by atoms with Crippen LogP contribution in [0.4, 0.5) is 0 Å². The molecule has 0 radical (unpaired) electrons. The Morgan fingerprint density at radius 1 is 0.246 bits per heavy atom. The average molecular weight is 1830 g/mol. The van der Waals surface area contributed by atoms with E-state index < -0.39 is 29.2 Å². The first-order valence-electron chi connectivity index (χ1n) is 46.4. The summed E-state index contributed by atoms with van der Waals surface area (Å²) >= 11 is 9.93. The molecule has 0 saturated carbocycles. The van der Waals surface area contributed by atoms with E-state index in [-0.39, 0.29) is 0 Å². The van der Waals surface area contributed by atoms with Crippen molar-refractivity contribution in [3.8, 4) is 125 Å². The molecule has 5 aliphatic rings. The monoisotopic (exact) mass is 1830 g/mol. The number of thiophene rings is 2. The Bertz CT molecular complexity index is 9100. The Balaban J connectivity index is 0.000000111. The van der Waals surface area contributed by atoms with Crippen LogP contribution < -0.4 is 14.9 Å². The topological polar surface area (TPSA) is 141 Å². The summed E-state index contributed by atoms with van der Waals surface area (Å²) in [6.07, 6.45) is 0. The third kappa shape index (κ3) is 12.6. The van der Waals surface area contributed by atoms with Gasteiger partial charge in [-0.05, 0) is 186 Å². The minimum Gasteiger partial charge on any atom is -0.457 e. The Morgan fingerprint density at radius 3 is 1.08 bits per heavy atom. The molecule has 654 valence electrons. The summed E-state index contributed by atoms with van der Waals surface area (Å²) in [4.78, 5) is 30.8. The van der Waals surface area contributed by atoms with Gasteiger partial charge < -0.3 is 27.6 Å². The SMILES string of the molecule is CC1(C)OB(c2ccc3c(c2)C2(c4ccccc4Oc4ccccc42)c2ccccc2-3)OC1(C)C.Clc1ccc2oc3cccc(-c4nc(-c5ccccc5)nc(-c5cccc6c5sc5ccccc56)n4)c3c2c1.c1ccc(-c2nc(-c3cccc4c3sc3ccccc34)nc(-c3cccc4oc5ccc(-c6ccc7c(c6)C6(c8ccccc8Oc8ccccc86)c6ccccc6-7)cc5c34)n2)cc1. The van der Waals surface area contributed by atoms with Crippen LogP contribution in [0.1, 0.15) is 72.2 Å². The zero-order chi connectivity index (χ0) is 91.9. The Morgan fingerprint density at radius 2 is 0.594 bits per heavy atom. The molecule has 2 aliphatic carbocycles. The van der Waals surface area contributed by atoms with Gasteiger partial charge in [-0.2, -0.15) is 0 Å². The van der Waals surface area contributed by atoms with E-state index >= 15 is 0 Å². The van der Waals surface area contributed by atoms with Gasteiger partial charge in [0, 0.05) is 123 Å². The molecule has 29 rings (SSSR count). The number of rotatable bonds is 8. The van der Waals surface area contributed by atoms with Crippen molar-refractivity contribution >= 4 is 131 Å². The van der Waals surface area contributed by atoms with E-state index in [1.54, 1.807) is 22.7 Å². The number of halogens is 1. The van der Waals surface area contributed by atoms with E-state index in [1.807, 2.05) is 109 Å². The summed E-state index contributed by atoms with van der Waals surface area (Å²) in [6, 6.07) is 140. The fraction of sp³-hybridized carbons (Fsp3) is 0.0656. The van der Waals surface area contributed by atoms with Gasteiger partial charge in [0.1, 0.15) is 45.3 Å². The van der Waals surface area contributed by atoms with Gasteiger partial charge in [-0.25, -0.2) is 29.9 Å². The van der Waals surface area contributed by atoms with Crippen molar-refractivity contribution in [2.24, 2.45) is 0 Å². The van der Waals surface area contributed by atoms with E-state index in [1.165, 1.54) is 75.5 Å². The van der Waals surface area contributed by atoms with Crippen LogP contribution in [-0.2, 0) is 20.1 Å². The molecule has 2 spiro atoms. The second-order valence-corrected chi connectivity index (χ2v) is 39.3. The number of ether oxygens (including phenoxy) is 2. The number of aromatic nitrogens is 6. The molecule has 1 saturated heterocycles. The summed E-state index contributed by atoms with van der Waals surface area (Å²) in [6.45, 7) is 8.40. The number of fused-ring (bicyclic) bond motifs is 30. The van der Waals surface area contributed by atoms with Crippen molar-refractivity contribution < 1.29 is 27.6 Å². The molecule has 16 heteroatoms. The lowest BCUT2D eigenvalue weighted by Gasteiger charge is -2.39. The lowest BCUT2D eigenvalue weighted by Crippen LogP contribution is -2.41. The lowest BCUT2D eigenvalue weighted by molar-refractivity contribution is 0.00578. The molecule has 1 fully saturated rings. The van der Waals surface area contributed by atoms with Crippen LogP contribution in [0.2, 0.25) is 5.02 Å². The summed E-state index contributed by atoms with van der Waals surface area (Å²) in [5, 5.41) is 9.36. The maximum atomic E-state index is 6.63. The van der Waals surface area contributed by atoms with E-state index in [2.05, 4.69) is 319 Å². The van der Waals surface area contributed by atoms with Crippen LogP contribution in [0.3, 0.4) is 0 Å². The zero-order valence-corrected chi connectivity index (χ0v) is 77.4. The molecule has 138 heavy (non-hydrogen) atoms. The largest absolute Gasteiger partial charge is 0.494 e. The molecule has 0 bridgehead atoms. The zero-order valence-electron chi connectivity index (χ0n) is 75.0. The van der Waals surface area contributed by atoms with E-state index in [4.69, 9.17) is 69.1 Å². The molecule has 0 unspecified atom stereocenters. The highest BCUT2D eigenvalue weighted by molar-refractivity contribution is 7.26. The molecule has 9 heterocycles. The van der Waals surface area contributed by atoms with Crippen LogP contribution in [0.5, 0.6) is 23.0 Å². The molecule has 3 aliphatic heterocycles. The number of nitrogens with zero attached hydrogens (tertiary/aromatic N) is 6. The van der Waals surface area contributed by atoms with Crippen LogP contribution >= 0.6 is 34.3 Å². The first-order chi connectivity index (χ1) is 67.8. The van der Waals surface area contributed by atoms with E-state index in [9.17, 15) is 0 Å². The van der Waals surface area contributed by atoms with Crippen LogP contribution in [0, 0.1) is 0 Å². The molecule has 0 N–H and O–H groups in total. The number of benzene rings is 18. The Hall–Kier alpha value is -16.1. The number of para-hydroxylation sites is 4. The van der Waals surface area contributed by atoms with Gasteiger partial charge in [0.05, 0.1) is 22.0 Å². The Kier molecular flexibility index (Phi) is 18.6. The summed E-state index contributed by atoms with van der Waals surface area (Å²) in [5.74, 6) is 7.25. The normalized spacial score (nSPS) is 14.4. The van der Waals surface area contributed by atoms with Crippen molar-refractivity contribution in [2.75, 3.05) is 0 Å². The molecule has 6 aromatic heterocycles. The molecular formula is C122H78BClN6O6S2. The van der Waals surface area contributed by atoms with Crippen molar-refractivity contribution in [2.45, 2.75) is 49.7 Å². The minimum absolute atomic E-state index is 0.394. The van der Waals surface area contributed by atoms with Crippen molar-refractivity contribution in [3.63, 3.8) is 0 Å². The fourth-order valence-electron chi connectivity index (χ4n) is 21.7. The fourth-order valence-corrected chi connectivity index (χ4v) is 24.3. The number of hydrogen-bond donors (Lipinski definition) is 0. The van der Waals surface area contributed by atoms with Gasteiger partial charge >= 0.3 is 7.12 Å². The van der Waals surface area contributed by atoms with Crippen molar-refractivity contribution in [1.82, 2.24) is 29.9 Å². The van der Waals surface area contributed by atoms with E-state index in [0.717, 1.165) is 148 Å². The lowest BCUT2D eigenvalue weighted by atomic mass is 9.65. The third-order valence-electron chi connectivity index (χ3n) is 28.6. The molecule has 0 atom stereocenters. The highest BCUT2D eigenvalue weighted by Gasteiger charge is 2.56. The quantitative estimate of drug-likeness (QED) is 0.134. The van der Waals surface area contributed by atoms with Crippen LogP contribution in [0.15, 0.2) is 409 Å². The molecule has 18 aromatic carbocycles. The molecular weight excluding hydrogens is 1760 g/mol. The second kappa shape index (κ2) is 31.5. The predicted molar refractivity (Wildman–Crippen MR) is 560 cm³/mol. The van der Waals surface area contributed by atoms with Crippen molar-refractivity contribution in [1.29, 1.82) is 0 Å². The number of hydrogen-bond acceptors (Lipinski definition) is 14. The smallest absolute Gasteiger partial charge is 0.457 e. The van der Waals surface area contributed by atoms with E-state index in [0.29, 0.717) is 40.0 Å². The second-order valence-electron chi connectivity index (χ2n) is 36.8. The van der Waals surface area contributed by atoms with Gasteiger partial charge in [-0.1, -0.05) is 315 Å². The summed E-state index contributed by atoms with van der Waals surface area (Å²) < 4.78 is 43.5. The molecule has 12 nitrogen and oxygen atoms in total. The van der Waals surface area contributed by atoms with Gasteiger partial charge in [-0.15, -0.1) is 22.7 Å². The maximum Gasteiger partial charge on any atom is 0.494 e. The molecule has 0 amide bonds. The van der Waals surface area contributed by atoms with Crippen molar-refractivity contribution in [3.05, 3.63) is 450 Å². The van der Waals surface area contributed by atoms with Gasteiger partial charge in [-0.3, -0.25) is 0 Å². The maximum absolute atomic E-state index is 6.63.